The summed E-state index contributed by atoms with van der Waals surface area (Å²) in [7, 11) is 0. The minimum absolute atomic E-state index is 0.196. The summed E-state index contributed by atoms with van der Waals surface area (Å²) in [5.41, 5.74) is 0.859. The number of halogens is 1. The van der Waals surface area contributed by atoms with E-state index in [1.165, 1.54) is 6.08 Å². The van der Waals surface area contributed by atoms with Crippen molar-refractivity contribution in [1.29, 1.82) is 0 Å². The van der Waals surface area contributed by atoms with Gasteiger partial charge in [-0.15, -0.1) is 0 Å². The first-order chi connectivity index (χ1) is 10.1. The highest BCUT2D eigenvalue weighted by Gasteiger charge is 2.21. The lowest BCUT2D eigenvalue weighted by atomic mass is 10.2. The lowest BCUT2D eigenvalue weighted by Gasteiger charge is -2.26. The smallest absolute Gasteiger partial charge is 0.266 e. The fourth-order valence-electron chi connectivity index (χ4n) is 1.58. The first-order valence-corrected chi connectivity index (χ1v) is 7.28. The molecule has 0 N–H and O–H groups in total. The van der Waals surface area contributed by atoms with Crippen molar-refractivity contribution >= 4 is 40.3 Å². The Morgan fingerprint density at radius 3 is 2.48 bits per heavy atom. The molecule has 0 heterocycles. The first kappa shape index (κ1) is 17.1. The molecule has 112 valence electrons. The Labute approximate surface area is 132 Å². The summed E-state index contributed by atoms with van der Waals surface area (Å²) in [6.45, 7) is 1.67. The fraction of sp³-hybridized carbons (Fsp3) is 0.267. The largest absolute Gasteiger partial charge is 0.301 e. The zero-order chi connectivity index (χ0) is 15.7. The summed E-state index contributed by atoms with van der Waals surface area (Å²) in [6, 6.07) is 9.29. The Hall–Kier alpha value is -1.95. The van der Waals surface area contributed by atoms with Gasteiger partial charge in [-0.1, -0.05) is 37.3 Å². The Morgan fingerprint density at radius 1 is 1.24 bits per heavy atom. The average Bonchev–Trinajstić information content (AvgIpc) is 2.51. The number of carbonyl (C=O) groups is 3. The number of aldehydes is 1. The van der Waals surface area contributed by atoms with Crippen LogP contribution in [0, 0.1) is 0 Å². The highest BCUT2D eigenvalue weighted by Crippen LogP contribution is 2.10. The molecule has 0 aliphatic heterocycles. The van der Waals surface area contributed by atoms with E-state index in [0.29, 0.717) is 12.7 Å². The Balaban J connectivity index is 2.80. The van der Waals surface area contributed by atoms with Gasteiger partial charge in [0.25, 0.3) is 11.8 Å². The number of hydrogen-bond acceptors (Lipinski definition) is 3. The SMILES string of the molecule is CCCC(=O)N(Br)N(CC=O)C(=O)C=Cc1ccccc1. The van der Waals surface area contributed by atoms with Gasteiger partial charge in [-0.2, -0.15) is 4.03 Å². The van der Waals surface area contributed by atoms with Crippen molar-refractivity contribution in [2.24, 2.45) is 0 Å². The van der Waals surface area contributed by atoms with E-state index in [9.17, 15) is 14.4 Å². The van der Waals surface area contributed by atoms with Crippen LogP contribution in [0.2, 0.25) is 0 Å². The maximum atomic E-state index is 12.1. The molecular weight excluding hydrogens is 336 g/mol. The molecule has 2 amide bonds. The van der Waals surface area contributed by atoms with Crippen LogP contribution >= 0.6 is 16.1 Å². The van der Waals surface area contributed by atoms with E-state index in [0.717, 1.165) is 14.6 Å². The normalized spacial score (nSPS) is 10.4. The number of amides is 2. The molecular formula is C15H17BrN2O3. The standard InChI is InChI=1S/C15H17BrN2O3/c1-2-6-15(21)18(16)17(11-12-19)14(20)10-9-13-7-4-3-5-8-13/h3-5,7-10,12H,2,6,11H2,1H3. The van der Waals surface area contributed by atoms with Crippen LogP contribution in [-0.4, -0.2) is 33.7 Å². The summed E-state index contributed by atoms with van der Waals surface area (Å²) in [5, 5.41) is 1.05. The van der Waals surface area contributed by atoms with Gasteiger partial charge in [-0.05, 0) is 18.1 Å². The van der Waals surface area contributed by atoms with E-state index in [1.54, 1.807) is 6.08 Å². The van der Waals surface area contributed by atoms with Crippen LogP contribution in [0.25, 0.3) is 6.08 Å². The molecule has 0 saturated heterocycles. The number of hydrazine groups is 1. The highest BCUT2D eigenvalue weighted by molar-refractivity contribution is 9.07. The van der Waals surface area contributed by atoms with Gasteiger partial charge in [0.2, 0.25) is 0 Å². The maximum Gasteiger partial charge on any atom is 0.266 e. The molecule has 6 heteroatoms. The molecule has 1 rings (SSSR count). The summed E-state index contributed by atoms with van der Waals surface area (Å²) in [6.07, 6.45) is 4.47. The predicted octanol–water partition coefficient (Wildman–Crippen LogP) is 2.58. The lowest BCUT2D eigenvalue weighted by Crippen LogP contribution is -2.44. The van der Waals surface area contributed by atoms with Crippen molar-refractivity contribution in [3.05, 3.63) is 42.0 Å². The van der Waals surface area contributed by atoms with Crippen LogP contribution in [0.1, 0.15) is 25.3 Å². The van der Waals surface area contributed by atoms with Crippen molar-refractivity contribution in [3.63, 3.8) is 0 Å². The Bertz CT molecular complexity index is 517. The Kier molecular flexibility index (Phi) is 7.39. The molecule has 0 spiro atoms. The van der Waals surface area contributed by atoms with Crippen LogP contribution in [-0.2, 0) is 14.4 Å². The van der Waals surface area contributed by atoms with Crippen LogP contribution < -0.4 is 0 Å². The van der Waals surface area contributed by atoms with E-state index in [-0.39, 0.29) is 18.9 Å². The second-order valence-corrected chi connectivity index (χ2v) is 4.91. The summed E-state index contributed by atoms with van der Waals surface area (Å²) >= 11 is 3.03. The minimum Gasteiger partial charge on any atom is -0.301 e. The molecule has 0 aliphatic carbocycles. The van der Waals surface area contributed by atoms with Crippen molar-refractivity contribution in [3.8, 4) is 0 Å². The van der Waals surface area contributed by atoms with Crippen LogP contribution in [0.5, 0.6) is 0 Å². The van der Waals surface area contributed by atoms with Gasteiger partial charge < -0.3 is 4.79 Å². The number of benzene rings is 1. The molecule has 1 aromatic carbocycles. The van der Waals surface area contributed by atoms with E-state index >= 15 is 0 Å². The third-order valence-electron chi connectivity index (χ3n) is 2.60. The molecule has 0 aromatic heterocycles. The van der Waals surface area contributed by atoms with Crippen molar-refractivity contribution in [1.82, 2.24) is 9.04 Å². The maximum absolute atomic E-state index is 12.1. The Morgan fingerprint density at radius 2 is 1.90 bits per heavy atom. The molecule has 0 radical (unpaired) electrons. The van der Waals surface area contributed by atoms with Crippen LogP contribution in [0.15, 0.2) is 36.4 Å². The van der Waals surface area contributed by atoms with Gasteiger partial charge >= 0.3 is 0 Å². The van der Waals surface area contributed by atoms with Gasteiger partial charge in [-0.3, -0.25) is 9.59 Å². The zero-order valence-corrected chi connectivity index (χ0v) is 13.3. The third-order valence-corrected chi connectivity index (χ3v) is 3.38. The molecule has 1 aromatic rings. The summed E-state index contributed by atoms with van der Waals surface area (Å²) in [5.74, 6) is -0.729. The number of carbonyl (C=O) groups excluding carboxylic acids is 3. The third kappa shape index (κ3) is 5.51. The van der Waals surface area contributed by atoms with Crippen LogP contribution in [0.4, 0.5) is 0 Å². The quantitative estimate of drug-likeness (QED) is 0.342. The first-order valence-electron chi connectivity index (χ1n) is 6.57. The summed E-state index contributed by atoms with van der Waals surface area (Å²) in [4.78, 5) is 34.6. The molecule has 21 heavy (non-hydrogen) atoms. The predicted molar refractivity (Wildman–Crippen MR) is 83.9 cm³/mol. The number of hydrogen-bond donors (Lipinski definition) is 0. The van der Waals surface area contributed by atoms with Crippen molar-refractivity contribution in [2.45, 2.75) is 19.8 Å². The minimum atomic E-state index is -0.452. The van der Waals surface area contributed by atoms with Crippen molar-refractivity contribution in [2.75, 3.05) is 6.54 Å². The van der Waals surface area contributed by atoms with Crippen molar-refractivity contribution < 1.29 is 14.4 Å². The van der Waals surface area contributed by atoms with E-state index < -0.39 is 5.91 Å². The highest BCUT2D eigenvalue weighted by atomic mass is 79.9. The molecule has 5 nitrogen and oxygen atoms in total. The lowest BCUT2D eigenvalue weighted by molar-refractivity contribution is -0.148. The average molecular weight is 353 g/mol. The van der Waals surface area contributed by atoms with E-state index in [1.807, 2.05) is 37.3 Å². The van der Waals surface area contributed by atoms with Gasteiger partial charge in [0.05, 0.1) is 22.7 Å². The topological polar surface area (TPSA) is 57.7 Å². The zero-order valence-electron chi connectivity index (χ0n) is 11.7. The number of nitrogens with zero attached hydrogens (tertiary/aromatic N) is 2. The molecule has 0 saturated carbocycles. The fourth-order valence-corrected chi connectivity index (χ4v) is 2.04. The molecule has 0 atom stereocenters. The molecule has 0 aliphatic rings. The van der Waals surface area contributed by atoms with E-state index in [2.05, 4.69) is 16.1 Å². The molecule has 0 fully saturated rings. The second-order valence-electron chi connectivity index (χ2n) is 4.23. The van der Waals surface area contributed by atoms with Gasteiger partial charge in [-0.25, -0.2) is 5.01 Å². The monoisotopic (exact) mass is 352 g/mol. The van der Waals surface area contributed by atoms with Gasteiger partial charge in [0, 0.05) is 12.5 Å². The van der Waals surface area contributed by atoms with Gasteiger partial charge in [0.15, 0.2) is 0 Å². The molecule has 0 unspecified atom stereocenters. The van der Waals surface area contributed by atoms with Gasteiger partial charge in [0.1, 0.15) is 6.29 Å². The molecule has 0 bridgehead atoms. The summed E-state index contributed by atoms with van der Waals surface area (Å²) < 4.78 is 1.02. The second kappa shape index (κ2) is 9.07. The van der Waals surface area contributed by atoms with Crippen LogP contribution in [0.3, 0.4) is 0 Å². The van der Waals surface area contributed by atoms with E-state index in [4.69, 9.17) is 0 Å². The number of rotatable bonds is 6.